The molecule has 1 rings (SSSR count). The Kier molecular flexibility index (Phi) is 2.19. The number of halogens is 6. The summed E-state index contributed by atoms with van der Waals surface area (Å²) in [5.74, 6) is -5.68. The average Bonchev–Trinajstić information content (AvgIpc) is 1.94. The molecule has 0 fully saturated rings. The summed E-state index contributed by atoms with van der Waals surface area (Å²) in [6, 6.07) is -0.203. The van der Waals surface area contributed by atoms with E-state index in [9.17, 15) is 26.3 Å². The molecule has 1 nitrogen and oxygen atoms in total. The molecule has 0 aliphatic carbocycles. The van der Waals surface area contributed by atoms with Crippen LogP contribution in [0.5, 0.6) is 0 Å². The van der Waals surface area contributed by atoms with Gasteiger partial charge in [0.1, 0.15) is 0 Å². The quantitative estimate of drug-likeness (QED) is 0.464. The lowest BCUT2D eigenvalue weighted by Crippen LogP contribution is -2.13. The molecule has 0 aliphatic heterocycles. The topological polar surface area (TPSA) is 12.9 Å². The number of alkyl halides is 3. The Labute approximate surface area is 68.0 Å². The Balaban J connectivity index is 3.32. The van der Waals surface area contributed by atoms with Gasteiger partial charge in [0.05, 0.1) is 0 Å². The molecule has 0 N–H and O–H groups in total. The standard InChI is InChI=1S/C6HF6N/c7-2-1-3(8)5(9)13-4(2)6(10,11)12/h1H. The summed E-state index contributed by atoms with van der Waals surface area (Å²) in [4.78, 5) is 2.10. The molecule has 0 bridgehead atoms. The molecule has 0 aromatic carbocycles. The zero-order chi connectivity index (χ0) is 10.2. The molecule has 0 saturated heterocycles. The third-order valence-corrected chi connectivity index (χ3v) is 1.16. The number of hydrogen-bond acceptors (Lipinski definition) is 1. The van der Waals surface area contributed by atoms with E-state index in [1.807, 2.05) is 0 Å². The Bertz CT molecular complexity index is 331. The van der Waals surface area contributed by atoms with Gasteiger partial charge in [-0.1, -0.05) is 0 Å². The van der Waals surface area contributed by atoms with Crippen molar-refractivity contribution in [1.82, 2.24) is 4.98 Å². The molecule has 1 heterocycles. The van der Waals surface area contributed by atoms with Crippen molar-refractivity contribution in [1.29, 1.82) is 0 Å². The van der Waals surface area contributed by atoms with E-state index in [0.717, 1.165) is 0 Å². The highest BCUT2D eigenvalue weighted by Crippen LogP contribution is 2.30. The second-order valence-electron chi connectivity index (χ2n) is 2.09. The van der Waals surface area contributed by atoms with Crippen LogP contribution in [0.2, 0.25) is 0 Å². The highest BCUT2D eigenvalue weighted by Gasteiger charge is 2.37. The van der Waals surface area contributed by atoms with Gasteiger partial charge in [-0.2, -0.15) is 17.6 Å². The van der Waals surface area contributed by atoms with E-state index in [-0.39, 0.29) is 6.07 Å². The van der Waals surface area contributed by atoms with Crippen LogP contribution in [-0.4, -0.2) is 4.98 Å². The molecule has 0 amide bonds. The van der Waals surface area contributed by atoms with Gasteiger partial charge in [0.25, 0.3) is 0 Å². The van der Waals surface area contributed by atoms with Crippen LogP contribution in [0, 0.1) is 17.6 Å². The summed E-state index contributed by atoms with van der Waals surface area (Å²) < 4.78 is 71.9. The zero-order valence-electron chi connectivity index (χ0n) is 5.79. The van der Waals surface area contributed by atoms with Crippen LogP contribution in [-0.2, 0) is 6.18 Å². The van der Waals surface area contributed by atoms with Gasteiger partial charge in [-0.25, -0.2) is 13.8 Å². The van der Waals surface area contributed by atoms with E-state index in [0.29, 0.717) is 0 Å². The maximum atomic E-state index is 12.3. The first-order chi connectivity index (χ1) is 5.82. The minimum atomic E-state index is -5.13. The molecular formula is C6HF6N. The first-order valence-corrected chi connectivity index (χ1v) is 2.91. The lowest BCUT2D eigenvalue weighted by molar-refractivity contribution is -0.144. The number of nitrogens with zero attached hydrogens (tertiary/aromatic N) is 1. The van der Waals surface area contributed by atoms with Crippen LogP contribution in [0.25, 0.3) is 0 Å². The fraction of sp³-hybridized carbons (Fsp3) is 0.167. The Morgan fingerprint density at radius 1 is 1.00 bits per heavy atom. The molecular weight excluding hydrogens is 200 g/mol. The fourth-order valence-corrected chi connectivity index (χ4v) is 0.643. The SMILES string of the molecule is Fc1cc(F)c(C(F)(F)F)nc1F. The van der Waals surface area contributed by atoms with Gasteiger partial charge in [0.2, 0.25) is 5.95 Å². The van der Waals surface area contributed by atoms with Crippen molar-refractivity contribution in [2.45, 2.75) is 6.18 Å². The molecule has 0 saturated carbocycles. The summed E-state index contributed by atoms with van der Waals surface area (Å²) in [6.45, 7) is 0. The predicted molar refractivity (Wildman–Crippen MR) is 29.1 cm³/mol. The minimum Gasteiger partial charge on any atom is -0.209 e. The summed E-state index contributed by atoms with van der Waals surface area (Å²) in [7, 11) is 0. The highest BCUT2D eigenvalue weighted by atomic mass is 19.4. The second kappa shape index (κ2) is 2.90. The van der Waals surface area contributed by atoms with Gasteiger partial charge in [0, 0.05) is 6.07 Å². The summed E-state index contributed by atoms with van der Waals surface area (Å²) in [5, 5.41) is 0. The third kappa shape index (κ3) is 1.90. The average molecular weight is 201 g/mol. The minimum absolute atomic E-state index is 0.203. The lowest BCUT2D eigenvalue weighted by atomic mass is 10.3. The van der Waals surface area contributed by atoms with E-state index in [4.69, 9.17) is 0 Å². The number of rotatable bonds is 0. The van der Waals surface area contributed by atoms with Crippen LogP contribution < -0.4 is 0 Å². The maximum absolute atomic E-state index is 12.3. The molecule has 13 heavy (non-hydrogen) atoms. The Hall–Kier alpha value is -1.27. The molecule has 0 spiro atoms. The van der Waals surface area contributed by atoms with Crippen LogP contribution in [0.15, 0.2) is 6.07 Å². The molecule has 0 aliphatic rings. The van der Waals surface area contributed by atoms with Gasteiger partial charge >= 0.3 is 6.18 Å². The number of aromatic nitrogens is 1. The number of hydrogen-bond donors (Lipinski definition) is 0. The van der Waals surface area contributed by atoms with Crippen molar-refractivity contribution in [3.8, 4) is 0 Å². The second-order valence-corrected chi connectivity index (χ2v) is 2.09. The zero-order valence-corrected chi connectivity index (χ0v) is 5.79. The van der Waals surface area contributed by atoms with Gasteiger partial charge < -0.3 is 0 Å². The Morgan fingerprint density at radius 2 is 1.54 bits per heavy atom. The normalized spacial score (nSPS) is 11.8. The van der Waals surface area contributed by atoms with Crippen LogP contribution in [0.3, 0.4) is 0 Å². The predicted octanol–water partition coefficient (Wildman–Crippen LogP) is 2.52. The molecule has 1 aromatic heterocycles. The van der Waals surface area contributed by atoms with E-state index < -0.39 is 29.5 Å². The molecule has 0 unspecified atom stereocenters. The fourth-order valence-electron chi connectivity index (χ4n) is 0.643. The van der Waals surface area contributed by atoms with Gasteiger partial charge in [-0.05, 0) is 0 Å². The number of pyridine rings is 1. The van der Waals surface area contributed by atoms with Crippen molar-refractivity contribution in [2.24, 2.45) is 0 Å². The first kappa shape index (κ1) is 9.82. The van der Waals surface area contributed by atoms with Gasteiger partial charge in [-0.3, -0.25) is 0 Å². The van der Waals surface area contributed by atoms with Crippen LogP contribution in [0.1, 0.15) is 5.69 Å². The lowest BCUT2D eigenvalue weighted by Gasteiger charge is -2.06. The Morgan fingerprint density at radius 3 is 2.00 bits per heavy atom. The van der Waals surface area contributed by atoms with E-state index in [1.54, 1.807) is 0 Å². The molecule has 7 heteroatoms. The maximum Gasteiger partial charge on any atom is 0.436 e. The van der Waals surface area contributed by atoms with E-state index >= 15 is 0 Å². The molecule has 0 radical (unpaired) electrons. The van der Waals surface area contributed by atoms with Crippen molar-refractivity contribution in [3.05, 3.63) is 29.3 Å². The monoisotopic (exact) mass is 201 g/mol. The molecule has 1 aromatic rings. The smallest absolute Gasteiger partial charge is 0.209 e. The van der Waals surface area contributed by atoms with E-state index in [2.05, 4.69) is 4.98 Å². The highest BCUT2D eigenvalue weighted by molar-refractivity contribution is 5.12. The third-order valence-electron chi connectivity index (χ3n) is 1.16. The van der Waals surface area contributed by atoms with Crippen molar-refractivity contribution < 1.29 is 26.3 Å². The summed E-state index contributed by atoms with van der Waals surface area (Å²) in [6.07, 6.45) is -5.13. The first-order valence-electron chi connectivity index (χ1n) is 2.91. The largest absolute Gasteiger partial charge is 0.436 e. The van der Waals surface area contributed by atoms with Crippen molar-refractivity contribution in [3.63, 3.8) is 0 Å². The summed E-state index contributed by atoms with van der Waals surface area (Å²) in [5.41, 5.74) is -2.06. The molecule has 72 valence electrons. The summed E-state index contributed by atoms with van der Waals surface area (Å²) >= 11 is 0. The van der Waals surface area contributed by atoms with Crippen molar-refractivity contribution in [2.75, 3.05) is 0 Å². The van der Waals surface area contributed by atoms with Crippen LogP contribution in [0.4, 0.5) is 26.3 Å². The van der Waals surface area contributed by atoms with Crippen molar-refractivity contribution >= 4 is 0 Å². The van der Waals surface area contributed by atoms with Gasteiger partial charge in [0.15, 0.2) is 17.3 Å². The van der Waals surface area contributed by atoms with Gasteiger partial charge in [-0.15, -0.1) is 0 Å². The van der Waals surface area contributed by atoms with Crippen LogP contribution >= 0.6 is 0 Å². The molecule has 0 atom stereocenters. The van der Waals surface area contributed by atoms with E-state index in [1.165, 1.54) is 0 Å².